The van der Waals surface area contributed by atoms with Crippen LogP contribution in [0.5, 0.6) is 0 Å². The van der Waals surface area contributed by atoms with Crippen LogP contribution < -0.4 is 0 Å². The van der Waals surface area contributed by atoms with Gasteiger partial charge in [0, 0.05) is 12.4 Å². The van der Waals surface area contributed by atoms with Crippen LogP contribution in [0.25, 0.3) is 5.00 Å². The maximum Gasteiger partial charge on any atom is 1.00 e. The van der Waals surface area contributed by atoms with E-state index in [2.05, 4.69) is 16.4 Å². The molecule has 3 heteroatoms. The number of thiophene rings is 1. The van der Waals surface area contributed by atoms with Gasteiger partial charge < -0.3 is 0 Å². The van der Waals surface area contributed by atoms with Crippen molar-refractivity contribution in [2.45, 2.75) is 0 Å². The van der Waals surface area contributed by atoms with Crippen molar-refractivity contribution in [3.8, 4) is 5.00 Å². The first-order valence-corrected chi connectivity index (χ1v) is 3.86. The molecule has 0 amide bonds. The van der Waals surface area contributed by atoms with Crippen LogP contribution in [0, 0.1) is 0 Å². The number of rotatable bonds is 1. The van der Waals surface area contributed by atoms with Crippen molar-refractivity contribution < 1.29 is 1.43 Å². The molecular formula is C7H7N2S+. The predicted octanol–water partition coefficient (Wildman–Crippen LogP) is 2.05. The Balaban J connectivity index is 0.000000605. The summed E-state index contributed by atoms with van der Waals surface area (Å²) in [6.07, 6.45) is 5.51. The van der Waals surface area contributed by atoms with Crippen LogP contribution in [0.15, 0.2) is 36.2 Å². The fourth-order valence-corrected chi connectivity index (χ4v) is 1.49. The van der Waals surface area contributed by atoms with Crippen LogP contribution in [0.1, 0.15) is 1.43 Å². The Kier molecular flexibility index (Phi) is 1.29. The van der Waals surface area contributed by atoms with Gasteiger partial charge in [-0.25, -0.2) is 4.98 Å². The molecule has 0 atom stereocenters. The summed E-state index contributed by atoms with van der Waals surface area (Å²) in [5.41, 5.74) is 0. The Morgan fingerprint density at radius 2 is 2.60 bits per heavy atom. The molecule has 0 fully saturated rings. The third-order valence-corrected chi connectivity index (χ3v) is 2.15. The van der Waals surface area contributed by atoms with Crippen LogP contribution >= 0.6 is 11.3 Å². The van der Waals surface area contributed by atoms with Crippen molar-refractivity contribution in [3.63, 3.8) is 0 Å². The zero-order chi connectivity index (χ0) is 6.81. The van der Waals surface area contributed by atoms with Gasteiger partial charge >= 0.3 is 1.43 Å². The first-order valence-electron chi connectivity index (χ1n) is 2.98. The summed E-state index contributed by atoms with van der Waals surface area (Å²) in [4.78, 5) is 3.95. The molecular weight excluding hydrogens is 144 g/mol. The Bertz CT molecular complexity index is 256. The zero-order valence-corrected chi connectivity index (χ0v) is 6.08. The molecule has 2 heterocycles. The smallest absolute Gasteiger partial charge is 0.298 e. The molecule has 0 saturated carbocycles. The molecule has 0 aliphatic heterocycles. The lowest BCUT2D eigenvalue weighted by Gasteiger charge is -1.92. The van der Waals surface area contributed by atoms with Crippen LogP contribution in [-0.4, -0.2) is 9.55 Å². The molecule has 2 aromatic rings. The lowest BCUT2D eigenvalue weighted by atomic mass is 10.6. The van der Waals surface area contributed by atoms with Gasteiger partial charge in [0.05, 0.1) is 6.33 Å². The standard InChI is InChI=1S/C7H6N2S/c1-2-7(10-5-1)9-4-3-8-6-9/h1-6H/p+1. The second-order valence-corrected chi connectivity index (χ2v) is 2.85. The Labute approximate surface area is 64.3 Å². The Morgan fingerprint density at radius 3 is 3.20 bits per heavy atom. The van der Waals surface area contributed by atoms with Crippen LogP contribution in [0.2, 0.25) is 0 Å². The van der Waals surface area contributed by atoms with Crippen molar-refractivity contribution in [1.29, 1.82) is 0 Å². The third kappa shape index (κ3) is 0.844. The van der Waals surface area contributed by atoms with E-state index in [0.29, 0.717) is 0 Å². The zero-order valence-electron chi connectivity index (χ0n) is 6.27. The van der Waals surface area contributed by atoms with Crippen molar-refractivity contribution in [2.24, 2.45) is 0 Å². The number of hydrogen-bond acceptors (Lipinski definition) is 2. The molecule has 2 rings (SSSR count). The van der Waals surface area contributed by atoms with Gasteiger partial charge in [-0.2, -0.15) is 0 Å². The molecule has 0 bridgehead atoms. The largest absolute Gasteiger partial charge is 1.00 e. The summed E-state index contributed by atoms with van der Waals surface area (Å²) in [5.74, 6) is 0. The van der Waals surface area contributed by atoms with E-state index in [1.54, 1.807) is 23.9 Å². The highest BCUT2D eigenvalue weighted by Gasteiger charge is 1.92. The predicted molar refractivity (Wildman–Crippen MR) is 42.6 cm³/mol. The minimum Gasteiger partial charge on any atom is -0.298 e. The lowest BCUT2D eigenvalue weighted by molar-refractivity contribution is 1.09. The van der Waals surface area contributed by atoms with E-state index in [0.717, 1.165) is 0 Å². The van der Waals surface area contributed by atoms with Gasteiger partial charge in [-0.1, -0.05) is 0 Å². The van der Waals surface area contributed by atoms with E-state index < -0.39 is 0 Å². The SMILES string of the molecule is [H+].c1csc(-n2ccnc2)c1. The van der Waals surface area contributed by atoms with Gasteiger partial charge in [0.25, 0.3) is 0 Å². The fraction of sp³-hybridized carbons (Fsp3) is 0. The average molecular weight is 151 g/mol. The summed E-state index contributed by atoms with van der Waals surface area (Å²) >= 11 is 1.70. The van der Waals surface area contributed by atoms with Crippen molar-refractivity contribution in [2.75, 3.05) is 0 Å². The van der Waals surface area contributed by atoms with Crippen molar-refractivity contribution in [1.82, 2.24) is 9.55 Å². The molecule has 0 aromatic carbocycles. The number of nitrogens with zero attached hydrogens (tertiary/aromatic N) is 2. The minimum atomic E-state index is 0. The number of hydrogen-bond donors (Lipinski definition) is 0. The van der Waals surface area contributed by atoms with E-state index in [1.807, 2.05) is 16.8 Å². The topological polar surface area (TPSA) is 17.8 Å². The molecule has 50 valence electrons. The first kappa shape index (κ1) is 5.68. The maximum atomic E-state index is 3.95. The Hall–Kier alpha value is -1.09. The molecule has 0 saturated heterocycles. The van der Waals surface area contributed by atoms with Crippen molar-refractivity contribution >= 4 is 11.3 Å². The van der Waals surface area contributed by atoms with Crippen molar-refractivity contribution in [3.05, 3.63) is 36.2 Å². The van der Waals surface area contributed by atoms with Crippen LogP contribution in [-0.2, 0) is 0 Å². The highest BCUT2D eigenvalue weighted by Crippen LogP contribution is 2.13. The maximum absolute atomic E-state index is 3.95. The molecule has 2 nitrogen and oxygen atoms in total. The van der Waals surface area contributed by atoms with Gasteiger partial charge in [-0.15, -0.1) is 11.3 Å². The molecule has 0 radical (unpaired) electrons. The highest BCUT2D eigenvalue weighted by atomic mass is 32.1. The molecule has 2 aromatic heterocycles. The Morgan fingerprint density at radius 1 is 1.60 bits per heavy atom. The molecule has 0 N–H and O–H groups in total. The molecule has 0 unspecified atom stereocenters. The quantitative estimate of drug-likeness (QED) is 0.610. The number of imidazole rings is 1. The average Bonchev–Trinajstić information content (AvgIpc) is 2.59. The third-order valence-electron chi connectivity index (χ3n) is 1.27. The summed E-state index contributed by atoms with van der Waals surface area (Å²) in [6, 6.07) is 4.09. The molecule has 0 aliphatic carbocycles. The normalized spacial score (nSPS) is 10.0. The fourth-order valence-electron chi connectivity index (χ4n) is 0.806. The van der Waals surface area contributed by atoms with E-state index >= 15 is 0 Å². The first-order chi connectivity index (χ1) is 4.97. The van der Waals surface area contributed by atoms with Gasteiger partial charge in [0.15, 0.2) is 0 Å². The second kappa shape index (κ2) is 2.27. The lowest BCUT2D eigenvalue weighted by Crippen LogP contribution is -1.82. The van der Waals surface area contributed by atoms with Gasteiger partial charge in [0.1, 0.15) is 5.00 Å². The second-order valence-electron chi connectivity index (χ2n) is 1.92. The van der Waals surface area contributed by atoms with E-state index in [-0.39, 0.29) is 1.43 Å². The minimum absolute atomic E-state index is 0. The molecule has 10 heavy (non-hydrogen) atoms. The van der Waals surface area contributed by atoms with E-state index in [1.165, 1.54) is 5.00 Å². The van der Waals surface area contributed by atoms with Gasteiger partial charge in [-0.3, -0.25) is 4.57 Å². The molecule has 0 spiro atoms. The monoisotopic (exact) mass is 151 g/mol. The molecule has 0 aliphatic rings. The summed E-state index contributed by atoms with van der Waals surface area (Å²) in [6.45, 7) is 0. The van der Waals surface area contributed by atoms with Crippen LogP contribution in [0.4, 0.5) is 0 Å². The van der Waals surface area contributed by atoms with E-state index in [9.17, 15) is 0 Å². The summed E-state index contributed by atoms with van der Waals surface area (Å²) < 4.78 is 1.99. The van der Waals surface area contributed by atoms with E-state index in [4.69, 9.17) is 0 Å². The van der Waals surface area contributed by atoms with Crippen LogP contribution in [0.3, 0.4) is 0 Å². The van der Waals surface area contributed by atoms with Gasteiger partial charge in [-0.05, 0) is 17.5 Å². The number of aromatic nitrogens is 2. The van der Waals surface area contributed by atoms with Gasteiger partial charge in [0.2, 0.25) is 0 Å². The highest BCUT2D eigenvalue weighted by molar-refractivity contribution is 7.12. The summed E-state index contributed by atoms with van der Waals surface area (Å²) in [5, 5.41) is 3.26. The summed E-state index contributed by atoms with van der Waals surface area (Å²) in [7, 11) is 0.